The maximum absolute atomic E-state index is 6.13. The number of aryl methyl sites for hydroxylation is 1. The van der Waals surface area contributed by atoms with Gasteiger partial charge in [-0.3, -0.25) is 0 Å². The lowest BCUT2D eigenvalue weighted by atomic mass is 10.0. The van der Waals surface area contributed by atoms with Crippen LogP contribution >= 0.6 is 11.6 Å². The van der Waals surface area contributed by atoms with E-state index >= 15 is 0 Å². The molecule has 0 spiro atoms. The number of hydrogen-bond acceptors (Lipinski definition) is 1. The van der Waals surface area contributed by atoms with Crippen molar-refractivity contribution < 1.29 is 0 Å². The summed E-state index contributed by atoms with van der Waals surface area (Å²) in [5.41, 5.74) is 8.51. The van der Waals surface area contributed by atoms with Crippen LogP contribution in [0.4, 0.5) is 0 Å². The predicted molar refractivity (Wildman–Crippen MR) is 67.5 cm³/mol. The van der Waals surface area contributed by atoms with Crippen molar-refractivity contribution in [2.75, 3.05) is 0 Å². The van der Waals surface area contributed by atoms with Gasteiger partial charge in [-0.1, -0.05) is 23.7 Å². The van der Waals surface area contributed by atoms with Crippen LogP contribution in [0.25, 0.3) is 0 Å². The third-order valence-electron chi connectivity index (χ3n) is 2.65. The van der Waals surface area contributed by atoms with Crippen molar-refractivity contribution in [2.45, 2.75) is 12.5 Å². The average molecular weight is 235 g/mol. The van der Waals surface area contributed by atoms with Crippen molar-refractivity contribution >= 4 is 11.6 Å². The topological polar surface area (TPSA) is 30.9 Å². The maximum atomic E-state index is 6.13. The van der Waals surface area contributed by atoms with Crippen molar-refractivity contribution in [3.8, 4) is 0 Å². The largest absolute Gasteiger partial charge is 0.357 e. The van der Waals surface area contributed by atoms with Gasteiger partial charge in [0, 0.05) is 30.5 Å². The summed E-state index contributed by atoms with van der Waals surface area (Å²) in [6.07, 6.45) is 4.90. The molecule has 2 rings (SSSR count). The van der Waals surface area contributed by atoms with E-state index in [9.17, 15) is 0 Å². The molecule has 1 atom stereocenters. The Morgan fingerprint density at radius 3 is 2.50 bits per heavy atom. The molecule has 1 aromatic heterocycles. The minimum absolute atomic E-state index is 0.0439. The highest BCUT2D eigenvalue weighted by Gasteiger charge is 2.07. The van der Waals surface area contributed by atoms with Gasteiger partial charge >= 0.3 is 0 Å². The van der Waals surface area contributed by atoms with Crippen molar-refractivity contribution in [2.24, 2.45) is 12.8 Å². The zero-order valence-corrected chi connectivity index (χ0v) is 9.98. The first kappa shape index (κ1) is 11.2. The minimum Gasteiger partial charge on any atom is -0.357 e. The molecule has 0 aliphatic carbocycles. The highest BCUT2D eigenvalue weighted by atomic mass is 35.5. The van der Waals surface area contributed by atoms with Crippen LogP contribution in [0, 0.1) is 0 Å². The predicted octanol–water partition coefficient (Wildman–Crippen LogP) is 2.92. The summed E-state index contributed by atoms with van der Waals surface area (Å²) in [7, 11) is 2.00. The third kappa shape index (κ3) is 2.65. The molecule has 0 amide bonds. The van der Waals surface area contributed by atoms with E-state index in [2.05, 4.69) is 12.3 Å². The molecule has 0 saturated carbocycles. The van der Waals surface area contributed by atoms with Gasteiger partial charge in [0.25, 0.3) is 0 Å². The third-order valence-corrected chi connectivity index (χ3v) is 2.90. The van der Waals surface area contributed by atoms with Crippen LogP contribution in [-0.4, -0.2) is 4.57 Å². The monoisotopic (exact) mass is 234 g/mol. The Hall–Kier alpha value is -1.25. The highest BCUT2D eigenvalue weighted by molar-refractivity contribution is 6.30. The fourth-order valence-corrected chi connectivity index (χ4v) is 1.86. The van der Waals surface area contributed by atoms with Gasteiger partial charge in [-0.15, -0.1) is 0 Å². The Bertz CT molecular complexity index is 459. The molecule has 0 fully saturated rings. The fraction of sp³-hybridized carbons (Fsp3) is 0.231. The van der Waals surface area contributed by atoms with Crippen LogP contribution in [0.15, 0.2) is 42.7 Å². The Kier molecular flexibility index (Phi) is 3.32. The van der Waals surface area contributed by atoms with E-state index < -0.39 is 0 Å². The van der Waals surface area contributed by atoms with Crippen LogP contribution in [0.5, 0.6) is 0 Å². The van der Waals surface area contributed by atoms with Gasteiger partial charge in [0.15, 0.2) is 0 Å². The molecule has 1 heterocycles. The Balaban J connectivity index is 2.07. The van der Waals surface area contributed by atoms with Crippen molar-refractivity contribution in [1.82, 2.24) is 4.57 Å². The SMILES string of the molecule is Cn1ccc(C(N)Cc2ccc(Cl)cc2)c1. The molecular weight excluding hydrogens is 220 g/mol. The maximum Gasteiger partial charge on any atom is 0.0406 e. The number of halogens is 1. The lowest BCUT2D eigenvalue weighted by Crippen LogP contribution is -2.12. The zero-order valence-electron chi connectivity index (χ0n) is 9.23. The second-order valence-electron chi connectivity index (χ2n) is 4.05. The molecule has 0 radical (unpaired) electrons. The van der Waals surface area contributed by atoms with Crippen molar-refractivity contribution in [3.63, 3.8) is 0 Å². The van der Waals surface area contributed by atoms with E-state index in [4.69, 9.17) is 17.3 Å². The van der Waals surface area contributed by atoms with Crippen LogP contribution in [0.1, 0.15) is 17.2 Å². The van der Waals surface area contributed by atoms with Crippen LogP contribution in [-0.2, 0) is 13.5 Å². The van der Waals surface area contributed by atoms with Gasteiger partial charge in [0.2, 0.25) is 0 Å². The van der Waals surface area contributed by atoms with Crippen molar-refractivity contribution in [1.29, 1.82) is 0 Å². The Morgan fingerprint density at radius 1 is 1.25 bits per heavy atom. The molecule has 84 valence electrons. The number of nitrogens with zero attached hydrogens (tertiary/aromatic N) is 1. The van der Waals surface area contributed by atoms with E-state index in [1.54, 1.807) is 0 Å². The Labute approximate surface area is 101 Å². The first-order valence-corrected chi connectivity index (χ1v) is 5.65. The van der Waals surface area contributed by atoms with Gasteiger partial charge in [-0.2, -0.15) is 0 Å². The number of nitrogens with two attached hydrogens (primary N) is 1. The molecular formula is C13H15ClN2. The summed E-state index contributed by atoms with van der Waals surface area (Å²) < 4.78 is 2.01. The van der Waals surface area contributed by atoms with Gasteiger partial charge in [0.1, 0.15) is 0 Å². The molecule has 2 nitrogen and oxygen atoms in total. The second kappa shape index (κ2) is 4.73. The summed E-state index contributed by atoms with van der Waals surface area (Å²) >= 11 is 5.83. The van der Waals surface area contributed by atoms with Gasteiger partial charge in [0.05, 0.1) is 0 Å². The lowest BCUT2D eigenvalue weighted by molar-refractivity contribution is 0.719. The fourth-order valence-electron chi connectivity index (χ4n) is 1.74. The molecule has 2 N–H and O–H groups in total. The van der Waals surface area contributed by atoms with Crippen molar-refractivity contribution in [3.05, 3.63) is 58.9 Å². The van der Waals surface area contributed by atoms with E-state index in [0.717, 1.165) is 17.0 Å². The molecule has 2 aromatic rings. The van der Waals surface area contributed by atoms with E-state index in [1.165, 1.54) is 5.56 Å². The number of benzene rings is 1. The molecule has 3 heteroatoms. The molecule has 0 aliphatic rings. The molecule has 0 saturated heterocycles. The highest BCUT2D eigenvalue weighted by Crippen LogP contribution is 2.17. The number of hydrogen-bond donors (Lipinski definition) is 1. The smallest absolute Gasteiger partial charge is 0.0406 e. The molecule has 16 heavy (non-hydrogen) atoms. The van der Waals surface area contributed by atoms with Gasteiger partial charge in [-0.25, -0.2) is 0 Å². The Morgan fingerprint density at radius 2 is 1.94 bits per heavy atom. The first-order chi connectivity index (χ1) is 7.65. The summed E-state index contributed by atoms with van der Waals surface area (Å²) in [6, 6.07) is 9.93. The molecule has 1 aromatic carbocycles. The number of aromatic nitrogens is 1. The standard InChI is InChI=1S/C13H15ClN2/c1-16-7-6-11(9-16)13(15)8-10-2-4-12(14)5-3-10/h2-7,9,13H,8,15H2,1H3. The molecule has 1 unspecified atom stereocenters. The summed E-state index contributed by atoms with van der Waals surface area (Å²) in [6.45, 7) is 0. The molecule has 0 aliphatic heterocycles. The van der Waals surface area contributed by atoms with Crippen LogP contribution in [0.2, 0.25) is 5.02 Å². The quantitative estimate of drug-likeness (QED) is 0.870. The van der Waals surface area contributed by atoms with Crippen LogP contribution < -0.4 is 5.73 Å². The number of rotatable bonds is 3. The molecule has 0 bridgehead atoms. The van der Waals surface area contributed by atoms with E-state index in [0.29, 0.717) is 0 Å². The summed E-state index contributed by atoms with van der Waals surface area (Å²) in [5, 5.41) is 0.761. The normalized spacial score (nSPS) is 12.7. The summed E-state index contributed by atoms with van der Waals surface area (Å²) in [4.78, 5) is 0. The van der Waals surface area contributed by atoms with Gasteiger partial charge < -0.3 is 10.3 Å². The zero-order chi connectivity index (χ0) is 11.5. The first-order valence-electron chi connectivity index (χ1n) is 5.27. The minimum atomic E-state index is 0.0439. The average Bonchev–Trinajstić information content (AvgIpc) is 2.68. The van der Waals surface area contributed by atoms with Gasteiger partial charge in [-0.05, 0) is 35.7 Å². The van der Waals surface area contributed by atoms with E-state index in [1.807, 2.05) is 42.1 Å². The van der Waals surface area contributed by atoms with Crippen LogP contribution in [0.3, 0.4) is 0 Å². The second-order valence-corrected chi connectivity index (χ2v) is 4.48. The lowest BCUT2D eigenvalue weighted by Gasteiger charge is -2.09. The summed E-state index contributed by atoms with van der Waals surface area (Å²) in [5.74, 6) is 0. The van der Waals surface area contributed by atoms with E-state index in [-0.39, 0.29) is 6.04 Å².